The number of thioether (sulfide) groups is 1. The fourth-order valence-electron chi connectivity index (χ4n) is 1.50. The molecule has 1 saturated heterocycles. The summed E-state index contributed by atoms with van der Waals surface area (Å²) in [7, 11) is 0. The lowest BCUT2D eigenvalue weighted by Crippen LogP contribution is -2.17. The molecule has 0 bridgehead atoms. The van der Waals surface area contributed by atoms with Gasteiger partial charge in [-0.25, -0.2) is 0 Å². The maximum atomic E-state index is 11.6. The summed E-state index contributed by atoms with van der Waals surface area (Å²) < 4.78 is 6.43. The first-order valence-corrected chi connectivity index (χ1v) is 7.43. The number of hydrogen-bond acceptors (Lipinski definition) is 5. The van der Waals surface area contributed by atoms with Crippen LogP contribution >= 0.6 is 39.9 Å². The van der Waals surface area contributed by atoms with E-state index in [-0.39, 0.29) is 11.7 Å². The zero-order valence-corrected chi connectivity index (χ0v) is 13.1. The summed E-state index contributed by atoms with van der Waals surface area (Å²) in [5.41, 5.74) is 0.739. The number of benzene rings is 1. The van der Waals surface area contributed by atoms with Crippen molar-refractivity contribution >= 4 is 56.2 Å². The Balaban J connectivity index is 2.39. The highest BCUT2D eigenvalue weighted by Crippen LogP contribution is 2.35. The zero-order valence-electron chi connectivity index (χ0n) is 9.90. The third-order valence-electron chi connectivity index (χ3n) is 2.31. The van der Waals surface area contributed by atoms with Gasteiger partial charge in [-0.3, -0.25) is 4.79 Å². The van der Waals surface area contributed by atoms with Crippen molar-refractivity contribution in [1.29, 1.82) is 0 Å². The van der Waals surface area contributed by atoms with Gasteiger partial charge in [-0.15, -0.1) is 0 Å². The molecule has 0 saturated carbocycles. The molecule has 1 fully saturated rings. The van der Waals surface area contributed by atoms with E-state index in [0.717, 1.165) is 5.56 Å². The van der Waals surface area contributed by atoms with Gasteiger partial charge in [-0.2, -0.15) is 0 Å². The van der Waals surface area contributed by atoms with Gasteiger partial charge < -0.3 is 15.2 Å². The van der Waals surface area contributed by atoms with E-state index in [0.29, 0.717) is 26.1 Å². The predicted octanol–water partition coefficient (Wildman–Crippen LogP) is 3.04. The number of amides is 1. The fraction of sp³-hybridized carbons (Fsp3) is 0.167. The summed E-state index contributed by atoms with van der Waals surface area (Å²) in [6, 6.07) is 3.21. The SMILES string of the molecule is CCOc1cc(C=C2SC(=S)NC2=O)c(Br)cc1O. The van der Waals surface area contributed by atoms with Gasteiger partial charge in [0.15, 0.2) is 11.5 Å². The summed E-state index contributed by atoms with van der Waals surface area (Å²) in [6.07, 6.45) is 1.70. The van der Waals surface area contributed by atoms with Crippen LogP contribution in [-0.4, -0.2) is 21.9 Å². The molecule has 0 atom stereocenters. The molecule has 1 aromatic carbocycles. The van der Waals surface area contributed by atoms with E-state index in [4.69, 9.17) is 17.0 Å². The van der Waals surface area contributed by atoms with Gasteiger partial charge in [0.05, 0.1) is 11.5 Å². The van der Waals surface area contributed by atoms with E-state index in [2.05, 4.69) is 21.2 Å². The van der Waals surface area contributed by atoms with Crippen molar-refractivity contribution in [1.82, 2.24) is 5.32 Å². The third-order valence-corrected chi connectivity index (χ3v) is 4.16. The van der Waals surface area contributed by atoms with Gasteiger partial charge >= 0.3 is 0 Å². The molecule has 1 aliphatic heterocycles. The first-order chi connectivity index (χ1) is 9.01. The summed E-state index contributed by atoms with van der Waals surface area (Å²) in [5.74, 6) is 0.214. The first kappa shape index (κ1) is 14.4. The molecule has 0 unspecified atom stereocenters. The molecular formula is C12H10BrNO3S2. The van der Waals surface area contributed by atoms with Crippen molar-refractivity contribution in [2.24, 2.45) is 0 Å². The number of phenolic OH excluding ortho intramolecular Hbond substituents is 1. The van der Waals surface area contributed by atoms with Crippen LogP contribution in [0.4, 0.5) is 0 Å². The van der Waals surface area contributed by atoms with Crippen molar-refractivity contribution in [3.63, 3.8) is 0 Å². The Bertz CT molecular complexity index is 587. The van der Waals surface area contributed by atoms with Crippen LogP contribution in [0.15, 0.2) is 21.5 Å². The molecule has 0 aliphatic carbocycles. The van der Waals surface area contributed by atoms with E-state index in [1.807, 2.05) is 6.92 Å². The number of hydrogen-bond donors (Lipinski definition) is 2. The van der Waals surface area contributed by atoms with Crippen molar-refractivity contribution < 1.29 is 14.6 Å². The van der Waals surface area contributed by atoms with Crippen LogP contribution in [0.1, 0.15) is 12.5 Å². The van der Waals surface area contributed by atoms with Crippen molar-refractivity contribution in [2.45, 2.75) is 6.92 Å². The largest absolute Gasteiger partial charge is 0.504 e. The summed E-state index contributed by atoms with van der Waals surface area (Å²) in [6.45, 7) is 2.28. The van der Waals surface area contributed by atoms with Gasteiger partial charge in [-0.05, 0) is 30.7 Å². The summed E-state index contributed by atoms with van der Waals surface area (Å²) in [4.78, 5) is 12.1. The van der Waals surface area contributed by atoms with Crippen molar-refractivity contribution in [2.75, 3.05) is 6.61 Å². The second kappa shape index (κ2) is 5.94. The highest BCUT2D eigenvalue weighted by atomic mass is 79.9. The number of carbonyl (C=O) groups excluding carboxylic acids is 1. The van der Waals surface area contributed by atoms with Crippen LogP contribution in [0.5, 0.6) is 11.5 Å². The number of aromatic hydroxyl groups is 1. The van der Waals surface area contributed by atoms with Crippen LogP contribution in [0.3, 0.4) is 0 Å². The molecule has 100 valence electrons. The number of halogens is 1. The molecule has 2 N–H and O–H groups in total. The monoisotopic (exact) mass is 359 g/mol. The number of rotatable bonds is 3. The smallest absolute Gasteiger partial charge is 0.263 e. The van der Waals surface area contributed by atoms with Gasteiger partial charge in [0, 0.05) is 4.47 Å². The van der Waals surface area contributed by atoms with Crippen LogP contribution in [0.2, 0.25) is 0 Å². The van der Waals surface area contributed by atoms with Gasteiger partial charge in [0.2, 0.25) is 0 Å². The number of carbonyl (C=O) groups is 1. The van der Waals surface area contributed by atoms with E-state index < -0.39 is 0 Å². The van der Waals surface area contributed by atoms with Gasteiger partial charge in [0.25, 0.3) is 5.91 Å². The fourth-order valence-corrected chi connectivity index (χ4v) is 2.98. The Hall–Kier alpha value is -1.05. The van der Waals surface area contributed by atoms with E-state index in [1.54, 1.807) is 12.1 Å². The van der Waals surface area contributed by atoms with Crippen LogP contribution < -0.4 is 10.1 Å². The molecule has 1 amide bonds. The number of thiocarbonyl (C=S) groups is 1. The molecule has 1 heterocycles. The molecule has 4 nitrogen and oxygen atoms in total. The lowest BCUT2D eigenvalue weighted by Gasteiger charge is -2.08. The zero-order chi connectivity index (χ0) is 14.0. The normalized spacial score (nSPS) is 16.8. The third kappa shape index (κ3) is 3.29. The Labute approximate surface area is 128 Å². The van der Waals surface area contributed by atoms with Crippen molar-refractivity contribution in [3.05, 3.63) is 27.1 Å². The average Bonchev–Trinajstić information content (AvgIpc) is 2.64. The van der Waals surface area contributed by atoms with Crippen molar-refractivity contribution in [3.8, 4) is 11.5 Å². The molecule has 7 heteroatoms. The minimum absolute atomic E-state index is 0.0509. The molecule has 19 heavy (non-hydrogen) atoms. The molecule has 1 aromatic rings. The maximum absolute atomic E-state index is 11.6. The maximum Gasteiger partial charge on any atom is 0.263 e. The van der Waals surface area contributed by atoms with E-state index in [9.17, 15) is 9.90 Å². The van der Waals surface area contributed by atoms with Crippen LogP contribution in [0, 0.1) is 0 Å². The van der Waals surface area contributed by atoms with E-state index in [1.165, 1.54) is 17.8 Å². The molecule has 0 spiro atoms. The average molecular weight is 360 g/mol. The Morgan fingerprint density at radius 3 is 2.89 bits per heavy atom. The highest BCUT2D eigenvalue weighted by molar-refractivity contribution is 9.10. The lowest BCUT2D eigenvalue weighted by atomic mass is 10.2. The standard InChI is InChI=1S/C12H10BrNO3S2/c1-2-17-9-3-6(7(13)5-8(9)15)4-10-11(16)14-12(18)19-10/h3-5,15H,2H2,1H3,(H,14,16,18). The second-order valence-corrected chi connectivity index (χ2v) is 6.20. The summed E-state index contributed by atoms with van der Waals surface area (Å²) >= 11 is 9.47. The topological polar surface area (TPSA) is 58.6 Å². The number of ether oxygens (including phenoxy) is 1. The summed E-state index contributed by atoms with van der Waals surface area (Å²) in [5, 5.41) is 12.3. The van der Waals surface area contributed by atoms with Crippen LogP contribution in [-0.2, 0) is 4.79 Å². The highest BCUT2D eigenvalue weighted by Gasteiger charge is 2.22. The number of phenols is 1. The molecule has 0 radical (unpaired) electrons. The molecule has 2 rings (SSSR count). The van der Waals surface area contributed by atoms with Crippen LogP contribution in [0.25, 0.3) is 6.08 Å². The first-order valence-electron chi connectivity index (χ1n) is 5.41. The minimum atomic E-state index is -0.215. The molecule has 0 aromatic heterocycles. The quantitative estimate of drug-likeness (QED) is 0.641. The lowest BCUT2D eigenvalue weighted by molar-refractivity contribution is -0.115. The van der Waals surface area contributed by atoms with Gasteiger partial charge in [0.1, 0.15) is 4.32 Å². The predicted molar refractivity (Wildman–Crippen MR) is 83.3 cm³/mol. The molecular weight excluding hydrogens is 350 g/mol. The molecule has 1 aliphatic rings. The van der Waals surface area contributed by atoms with E-state index >= 15 is 0 Å². The Morgan fingerprint density at radius 2 is 2.32 bits per heavy atom. The second-order valence-electron chi connectivity index (χ2n) is 3.63. The van der Waals surface area contributed by atoms with Gasteiger partial charge in [-0.1, -0.05) is 39.9 Å². The Kier molecular flexibility index (Phi) is 4.49. The Morgan fingerprint density at radius 1 is 1.58 bits per heavy atom. The minimum Gasteiger partial charge on any atom is -0.504 e. The number of nitrogens with one attached hydrogen (secondary N) is 1.